The minimum absolute atomic E-state index is 0.0725. The summed E-state index contributed by atoms with van der Waals surface area (Å²) in [5.74, 6) is -1.37. The first-order valence-electron chi connectivity index (χ1n) is 11.7. The van der Waals surface area contributed by atoms with Gasteiger partial charge in [0.2, 0.25) is 17.6 Å². The van der Waals surface area contributed by atoms with Crippen molar-refractivity contribution in [2.45, 2.75) is 38.3 Å². The Morgan fingerprint density at radius 3 is 2.31 bits per heavy atom. The molecule has 0 spiro atoms. The zero-order chi connectivity index (χ0) is 25.5. The van der Waals surface area contributed by atoms with Gasteiger partial charge in [0.25, 0.3) is 5.89 Å². The summed E-state index contributed by atoms with van der Waals surface area (Å²) < 4.78 is 5.68. The van der Waals surface area contributed by atoms with E-state index < -0.39 is 23.8 Å². The maximum atomic E-state index is 13.4. The summed E-state index contributed by atoms with van der Waals surface area (Å²) in [4.78, 5) is 43.0. The third kappa shape index (κ3) is 6.37. The van der Waals surface area contributed by atoms with Gasteiger partial charge in [-0.15, -0.1) is 0 Å². The van der Waals surface area contributed by atoms with E-state index in [1.54, 1.807) is 42.5 Å². The van der Waals surface area contributed by atoms with Crippen LogP contribution in [0.5, 0.6) is 0 Å². The number of nitrogens with zero attached hydrogens (tertiary/aromatic N) is 1. The molecule has 0 bridgehead atoms. The van der Waals surface area contributed by atoms with Gasteiger partial charge in [0.05, 0.1) is 6.04 Å². The number of rotatable bonds is 10. The molecule has 2 amide bonds. The van der Waals surface area contributed by atoms with Crippen LogP contribution in [0.15, 0.2) is 83.3 Å². The number of aromatic nitrogens is 1. The fraction of sp³-hybridized carbons (Fsp3) is 0.214. The fourth-order valence-electron chi connectivity index (χ4n) is 3.96. The third-order valence-corrected chi connectivity index (χ3v) is 6.15. The van der Waals surface area contributed by atoms with Crippen molar-refractivity contribution < 1.29 is 18.8 Å². The molecule has 0 aliphatic heterocycles. The lowest BCUT2D eigenvalue weighted by atomic mass is 10.00. The van der Waals surface area contributed by atoms with Crippen LogP contribution in [0, 0.1) is 0 Å². The molecule has 0 fully saturated rings. The number of halogens is 1. The van der Waals surface area contributed by atoms with E-state index in [9.17, 15) is 14.4 Å². The zero-order valence-corrected chi connectivity index (χ0v) is 20.5. The maximum absolute atomic E-state index is 13.4. The van der Waals surface area contributed by atoms with Crippen molar-refractivity contribution >= 4 is 40.3 Å². The smallest absolute Gasteiger partial charge is 0.266 e. The standard InChI is InChI=1S/C28H26ClN3O4/c1-18(33)30-24(17-20-11-5-6-12-21(20)29)27(35)31-23(16-15-19-9-3-2-4-10-19)26(34)28-32-22-13-7-8-14-25(22)36-28/h2-14,23-24H,15-17H2,1H3,(H,30,33)(H,31,35)/t23-,24-/m0/s1. The molecule has 0 radical (unpaired) electrons. The van der Waals surface area contributed by atoms with Crippen LogP contribution in [0.4, 0.5) is 0 Å². The number of carbonyl (C=O) groups is 3. The number of carbonyl (C=O) groups excluding carboxylic acids is 3. The molecule has 0 saturated carbocycles. The number of benzene rings is 3. The van der Waals surface area contributed by atoms with Gasteiger partial charge in [-0.3, -0.25) is 14.4 Å². The zero-order valence-electron chi connectivity index (χ0n) is 19.7. The molecule has 0 unspecified atom stereocenters. The Bertz CT molecular complexity index is 1340. The Morgan fingerprint density at radius 1 is 0.889 bits per heavy atom. The van der Waals surface area contributed by atoms with Crippen molar-refractivity contribution in [1.29, 1.82) is 0 Å². The number of ketones is 1. The number of para-hydroxylation sites is 2. The molecule has 2 N–H and O–H groups in total. The van der Waals surface area contributed by atoms with Crippen molar-refractivity contribution in [1.82, 2.24) is 15.6 Å². The normalized spacial score (nSPS) is 12.6. The van der Waals surface area contributed by atoms with Crippen LogP contribution in [0.25, 0.3) is 11.1 Å². The number of fused-ring (bicyclic) bond motifs is 1. The molecule has 0 aliphatic carbocycles. The number of nitrogens with one attached hydrogen (secondary N) is 2. The molecule has 0 saturated heterocycles. The molecule has 4 aromatic rings. The maximum Gasteiger partial charge on any atom is 0.266 e. The molecule has 1 aromatic heterocycles. The van der Waals surface area contributed by atoms with Gasteiger partial charge in [-0.05, 0) is 42.2 Å². The molecule has 36 heavy (non-hydrogen) atoms. The van der Waals surface area contributed by atoms with E-state index in [1.807, 2.05) is 36.4 Å². The van der Waals surface area contributed by atoms with Crippen molar-refractivity contribution in [3.8, 4) is 0 Å². The average Bonchev–Trinajstić information content (AvgIpc) is 3.31. The highest BCUT2D eigenvalue weighted by molar-refractivity contribution is 6.31. The predicted octanol–water partition coefficient (Wildman–Crippen LogP) is 4.53. The molecule has 0 aliphatic rings. The fourth-order valence-corrected chi connectivity index (χ4v) is 4.17. The van der Waals surface area contributed by atoms with Gasteiger partial charge in [0.1, 0.15) is 11.6 Å². The number of hydrogen-bond donors (Lipinski definition) is 2. The Hall–Kier alpha value is -3.97. The van der Waals surface area contributed by atoms with Gasteiger partial charge in [-0.1, -0.05) is 72.3 Å². The monoisotopic (exact) mass is 503 g/mol. The summed E-state index contributed by atoms with van der Waals surface area (Å²) in [6.45, 7) is 1.34. The topological polar surface area (TPSA) is 101 Å². The van der Waals surface area contributed by atoms with E-state index in [4.69, 9.17) is 16.0 Å². The average molecular weight is 504 g/mol. The Kier molecular flexibility index (Phi) is 8.13. The molecular weight excluding hydrogens is 478 g/mol. The highest BCUT2D eigenvalue weighted by Gasteiger charge is 2.30. The summed E-state index contributed by atoms with van der Waals surface area (Å²) in [5, 5.41) is 5.99. The molecule has 8 heteroatoms. The number of Topliss-reactive ketones (excluding diaryl/α,β-unsaturated/α-hetero) is 1. The van der Waals surface area contributed by atoms with Crippen molar-refractivity contribution in [3.05, 3.63) is 101 Å². The van der Waals surface area contributed by atoms with Crippen molar-refractivity contribution in [2.24, 2.45) is 0 Å². The van der Waals surface area contributed by atoms with Crippen LogP contribution in [-0.4, -0.2) is 34.7 Å². The lowest BCUT2D eigenvalue weighted by Crippen LogP contribution is -2.52. The quantitative estimate of drug-likeness (QED) is 0.310. The molecular formula is C28H26ClN3O4. The van der Waals surface area contributed by atoms with Crippen LogP contribution in [0.3, 0.4) is 0 Å². The summed E-state index contributed by atoms with van der Waals surface area (Å²) >= 11 is 6.28. The minimum Gasteiger partial charge on any atom is -0.434 e. The largest absolute Gasteiger partial charge is 0.434 e. The van der Waals surface area contributed by atoms with Gasteiger partial charge in [-0.25, -0.2) is 4.98 Å². The highest BCUT2D eigenvalue weighted by atomic mass is 35.5. The number of hydrogen-bond acceptors (Lipinski definition) is 5. The first-order chi connectivity index (χ1) is 17.4. The van der Waals surface area contributed by atoms with Crippen molar-refractivity contribution in [3.63, 3.8) is 0 Å². The molecule has 7 nitrogen and oxygen atoms in total. The Balaban J connectivity index is 1.57. The second kappa shape index (κ2) is 11.6. The highest BCUT2D eigenvalue weighted by Crippen LogP contribution is 2.19. The van der Waals surface area contributed by atoms with Gasteiger partial charge in [-0.2, -0.15) is 0 Å². The van der Waals surface area contributed by atoms with E-state index in [-0.39, 0.29) is 18.2 Å². The first kappa shape index (κ1) is 25.1. The van der Waals surface area contributed by atoms with E-state index in [1.165, 1.54) is 6.92 Å². The Morgan fingerprint density at radius 2 is 1.58 bits per heavy atom. The second-order valence-electron chi connectivity index (χ2n) is 8.49. The third-order valence-electron chi connectivity index (χ3n) is 5.78. The number of amides is 2. The molecule has 4 rings (SSSR count). The van der Waals surface area contributed by atoms with E-state index in [0.717, 1.165) is 5.56 Å². The van der Waals surface area contributed by atoms with Crippen LogP contribution in [0.2, 0.25) is 5.02 Å². The lowest BCUT2D eigenvalue weighted by Gasteiger charge is -2.22. The van der Waals surface area contributed by atoms with Crippen LogP contribution in [-0.2, 0) is 22.4 Å². The van der Waals surface area contributed by atoms with Crippen LogP contribution < -0.4 is 10.6 Å². The number of aryl methyl sites for hydroxylation is 1. The minimum atomic E-state index is -0.918. The Labute approximate surface area is 213 Å². The van der Waals surface area contributed by atoms with Gasteiger partial charge in [0.15, 0.2) is 5.58 Å². The molecule has 184 valence electrons. The number of oxazole rings is 1. The van der Waals surface area contributed by atoms with Crippen LogP contribution in [0.1, 0.15) is 35.2 Å². The summed E-state index contributed by atoms with van der Waals surface area (Å²) in [6.07, 6.45) is 1.05. The van der Waals surface area contributed by atoms with E-state index in [0.29, 0.717) is 34.5 Å². The summed E-state index contributed by atoms with van der Waals surface area (Å²) in [5.41, 5.74) is 2.78. The van der Waals surface area contributed by atoms with Gasteiger partial charge < -0.3 is 15.1 Å². The van der Waals surface area contributed by atoms with Crippen LogP contribution >= 0.6 is 11.6 Å². The molecule has 1 heterocycles. The first-order valence-corrected chi connectivity index (χ1v) is 12.0. The van der Waals surface area contributed by atoms with Crippen molar-refractivity contribution in [2.75, 3.05) is 0 Å². The summed E-state index contributed by atoms with van der Waals surface area (Å²) in [6, 6.07) is 22.0. The molecule has 3 aromatic carbocycles. The van der Waals surface area contributed by atoms with E-state index in [2.05, 4.69) is 15.6 Å². The molecule has 2 atom stereocenters. The van der Waals surface area contributed by atoms with E-state index >= 15 is 0 Å². The SMILES string of the molecule is CC(=O)N[C@@H](Cc1ccccc1Cl)C(=O)N[C@@H](CCc1ccccc1)C(=O)c1nc2ccccc2o1. The van der Waals surface area contributed by atoms with Gasteiger partial charge in [0, 0.05) is 18.4 Å². The summed E-state index contributed by atoms with van der Waals surface area (Å²) in [7, 11) is 0. The second-order valence-corrected chi connectivity index (χ2v) is 8.89. The lowest BCUT2D eigenvalue weighted by molar-refractivity contribution is -0.128. The predicted molar refractivity (Wildman–Crippen MR) is 138 cm³/mol. The van der Waals surface area contributed by atoms with Gasteiger partial charge >= 0.3 is 0 Å².